The Labute approximate surface area is 121 Å². The summed E-state index contributed by atoms with van der Waals surface area (Å²) in [5.41, 5.74) is 0.428. The Morgan fingerprint density at radius 2 is 2.19 bits per heavy atom. The highest BCUT2D eigenvalue weighted by molar-refractivity contribution is 5.56. The highest BCUT2D eigenvalue weighted by Gasteiger charge is 2.42. The van der Waals surface area contributed by atoms with Crippen molar-refractivity contribution in [2.24, 2.45) is 7.05 Å². The average molecular weight is 292 g/mol. The summed E-state index contributed by atoms with van der Waals surface area (Å²) >= 11 is 0. The maximum absolute atomic E-state index is 12.7. The van der Waals surface area contributed by atoms with E-state index in [9.17, 15) is 9.50 Å². The highest BCUT2D eigenvalue weighted by atomic mass is 19.1. The van der Waals surface area contributed by atoms with Gasteiger partial charge in [0.25, 0.3) is 0 Å². The molecule has 0 radical (unpaired) electrons. The third-order valence-electron chi connectivity index (χ3n) is 3.42. The molecule has 0 aliphatic carbocycles. The second-order valence-electron chi connectivity index (χ2n) is 5.44. The molecule has 1 saturated heterocycles. The quantitative estimate of drug-likeness (QED) is 0.867. The third kappa shape index (κ3) is 2.66. The molecule has 0 spiro atoms. The summed E-state index contributed by atoms with van der Waals surface area (Å²) in [4.78, 5) is 10.5. The minimum absolute atomic E-state index is 0.244. The van der Waals surface area contributed by atoms with E-state index in [0.29, 0.717) is 11.8 Å². The summed E-state index contributed by atoms with van der Waals surface area (Å²) < 4.78 is 14.3. The van der Waals surface area contributed by atoms with E-state index in [4.69, 9.17) is 0 Å². The van der Waals surface area contributed by atoms with Crippen LogP contribution >= 0.6 is 0 Å². The lowest BCUT2D eigenvalue weighted by Gasteiger charge is -2.45. The van der Waals surface area contributed by atoms with Crippen LogP contribution in [-0.4, -0.2) is 50.2 Å². The van der Waals surface area contributed by atoms with Gasteiger partial charge in [0.15, 0.2) is 0 Å². The van der Waals surface area contributed by atoms with E-state index in [2.05, 4.69) is 20.4 Å². The van der Waals surface area contributed by atoms with Gasteiger partial charge in [0.05, 0.1) is 25.0 Å². The third-order valence-corrected chi connectivity index (χ3v) is 3.42. The summed E-state index contributed by atoms with van der Waals surface area (Å²) in [5, 5.41) is 16.9. The molecule has 21 heavy (non-hydrogen) atoms. The first-order chi connectivity index (χ1) is 9.99. The molecule has 0 atom stereocenters. The molecule has 7 nitrogen and oxygen atoms in total. The van der Waals surface area contributed by atoms with Crippen LogP contribution in [0.3, 0.4) is 0 Å². The fourth-order valence-electron chi connectivity index (χ4n) is 2.33. The van der Waals surface area contributed by atoms with Gasteiger partial charge in [-0.25, -0.2) is 9.37 Å². The Morgan fingerprint density at radius 1 is 1.43 bits per heavy atom. The van der Waals surface area contributed by atoms with E-state index in [1.807, 2.05) is 25.1 Å². The van der Waals surface area contributed by atoms with Crippen LogP contribution in [0.25, 0.3) is 0 Å². The SMILES string of the molecule is Cc1cnc(Nc2cnn(C)c2)nc1N1CC(O)(CF)C1. The van der Waals surface area contributed by atoms with Crippen molar-refractivity contribution < 1.29 is 9.50 Å². The van der Waals surface area contributed by atoms with E-state index >= 15 is 0 Å². The van der Waals surface area contributed by atoms with Gasteiger partial charge in [-0.05, 0) is 6.92 Å². The number of halogens is 1. The van der Waals surface area contributed by atoms with Gasteiger partial charge in [0.1, 0.15) is 18.1 Å². The summed E-state index contributed by atoms with van der Waals surface area (Å²) in [6, 6.07) is 0. The number of anilines is 3. The molecule has 0 bridgehead atoms. The molecule has 2 N–H and O–H groups in total. The first kappa shape index (κ1) is 13.7. The van der Waals surface area contributed by atoms with Crippen molar-refractivity contribution in [2.45, 2.75) is 12.5 Å². The maximum atomic E-state index is 12.7. The summed E-state index contributed by atoms with van der Waals surface area (Å²) in [6.07, 6.45) is 5.19. The van der Waals surface area contributed by atoms with Crippen LogP contribution in [0.1, 0.15) is 5.56 Å². The normalized spacial score (nSPS) is 16.7. The monoisotopic (exact) mass is 292 g/mol. The molecule has 2 aromatic heterocycles. The van der Waals surface area contributed by atoms with Crippen LogP contribution in [0.2, 0.25) is 0 Å². The number of hydrogen-bond acceptors (Lipinski definition) is 6. The van der Waals surface area contributed by atoms with Gasteiger partial charge in [-0.3, -0.25) is 4.68 Å². The van der Waals surface area contributed by atoms with Crippen molar-refractivity contribution in [1.29, 1.82) is 0 Å². The summed E-state index contributed by atoms with van der Waals surface area (Å²) in [5.74, 6) is 1.15. The molecule has 0 aromatic carbocycles. The topological polar surface area (TPSA) is 79.1 Å². The van der Waals surface area contributed by atoms with Gasteiger partial charge in [-0.1, -0.05) is 0 Å². The number of nitrogens with zero attached hydrogens (tertiary/aromatic N) is 5. The van der Waals surface area contributed by atoms with E-state index < -0.39 is 12.3 Å². The fraction of sp³-hybridized carbons (Fsp3) is 0.462. The molecule has 0 amide bonds. The molecule has 8 heteroatoms. The minimum atomic E-state index is -1.24. The van der Waals surface area contributed by atoms with Gasteiger partial charge in [-0.2, -0.15) is 10.1 Å². The summed E-state index contributed by atoms with van der Waals surface area (Å²) in [7, 11) is 1.82. The van der Waals surface area contributed by atoms with Crippen molar-refractivity contribution in [3.8, 4) is 0 Å². The Morgan fingerprint density at radius 3 is 2.81 bits per heavy atom. The molecule has 112 valence electrons. The number of rotatable bonds is 4. The largest absolute Gasteiger partial charge is 0.383 e. The molecule has 1 aliphatic heterocycles. The smallest absolute Gasteiger partial charge is 0.229 e. The number of aromatic nitrogens is 4. The van der Waals surface area contributed by atoms with Crippen molar-refractivity contribution in [2.75, 3.05) is 30.0 Å². The second kappa shape index (κ2) is 4.96. The molecule has 2 aromatic rings. The molecule has 0 unspecified atom stereocenters. The molecular formula is C13H17FN6O. The van der Waals surface area contributed by atoms with Gasteiger partial charge in [0, 0.05) is 25.0 Å². The Balaban J connectivity index is 1.77. The Bertz CT molecular complexity index is 652. The molecule has 3 rings (SSSR count). The first-order valence-corrected chi connectivity index (χ1v) is 6.62. The predicted octanol–water partition coefficient (Wildman–Crippen LogP) is 0.783. The van der Waals surface area contributed by atoms with Crippen LogP contribution in [-0.2, 0) is 7.05 Å². The highest BCUT2D eigenvalue weighted by Crippen LogP contribution is 2.29. The van der Waals surface area contributed by atoms with Crippen molar-refractivity contribution >= 4 is 17.5 Å². The van der Waals surface area contributed by atoms with Gasteiger partial charge in [0.2, 0.25) is 5.95 Å². The van der Waals surface area contributed by atoms with Crippen molar-refractivity contribution in [3.63, 3.8) is 0 Å². The number of alkyl halides is 1. The van der Waals surface area contributed by atoms with Crippen LogP contribution < -0.4 is 10.2 Å². The lowest BCUT2D eigenvalue weighted by Crippen LogP contribution is -2.63. The zero-order valence-electron chi connectivity index (χ0n) is 11.9. The van der Waals surface area contributed by atoms with Crippen molar-refractivity contribution in [1.82, 2.24) is 19.7 Å². The number of hydrogen-bond donors (Lipinski definition) is 2. The number of nitrogens with one attached hydrogen (secondary N) is 1. The van der Waals surface area contributed by atoms with Gasteiger partial charge in [-0.15, -0.1) is 0 Å². The Hall–Kier alpha value is -2.22. The minimum Gasteiger partial charge on any atom is -0.383 e. The van der Waals surface area contributed by atoms with E-state index in [1.54, 1.807) is 17.1 Å². The van der Waals surface area contributed by atoms with Crippen molar-refractivity contribution in [3.05, 3.63) is 24.2 Å². The first-order valence-electron chi connectivity index (χ1n) is 6.62. The number of β-amino-alcohol motifs (C(OH)–C–C–N with tert-alkyl or cyclic N) is 1. The van der Waals surface area contributed by atoms with Crippen LogP contribution in [0, 0.1) is 6.92 Å². The van der Waals surface area contributed by atoms with Gasteiger partial charge < -0.3 is 15.3 Å². The van der Waals surface area contributed by atoms with E-state index in [1.165, 1.54) is 0 Å². The molecule has 1 aliphatic rings. The molecule has 3 heterocycles. The molecule has 1 fully saturated rings. The fourth-order valence-corrected chi connectivity index (χ4v) is 2.33. The number of aryl methyl sites for hydroxylation is 2. The Kier molecular flexibility index (Phi) is 3.25. The van der Waals surface area contributed by atoms with Gasteiger partial charge >= 0.3 is 0 Å². The van der Waals surface area contributed by atoms with Crippen LogP contribution in [0.5, 0.6) is 0 Å². The zero-order chi connectivity index (χ0) is 15.0. The maximum Gasteiger partial charge on any atom is 0.229 e. The zero-order valence-corrected chi connectivity index (χ0v) is 11.9. The number of aliphatic hydroxyl groups is 1. The average Bonchev–Trinajstić information content (AvgIpc) is 2.83. The molecule has 0 saturated carbocycles. The summed E-state index contributed by atoms with van der Waals surface area (Å²) in [6.45, 7) is 1.63. The standard InChI is InChI=1S/C13H17FN6O/c1-9-3-15-12(17-10-4-16-19(2)5-10)18-11(9)20-7-13(21,6-14)8-20/h3-5,21H,6-8H2,1-2H3,(H,15,17,18). The van der Waals surface area contributed by atoms with Crippen LogP contribution in [0.4, 0.5) is 21.8 Å². The van der Waals surface area contributed by atoms with E-state index in [-0.39, 0.29) is 13.1 Å². The van der Waals surface area contributed by atoms with E-state index in [0.717, 1.165) is 11.3 Å². The predicted molar refractivity (Wildman–Crippen MR) is 76.4 cm³/mol. The van der Waals surface area contributed by atoms with Crippen LogP contribution in [0.15, 0.2) is 18.6 Å². The second-order valence-corrected chi connectivity index (χ2v) is 5.44. The lowest BCUT2D eigenvalue weighted by atomic mass is 9.95. The lowest BCUT2D eigenvalue weighted by molar-refractivity contribution is -0.0103. The molecular weight excluding hydrogens is 275 g/mol.